The number of ether oxygens (including phenoxy) is 4. The number of nitrogens with one attached hydrogen (secondary N) is 9. The number of likely N-dealkylation sites (tertiary alicyclic amines) is 1. The van der Waals surface area contributed by atoms with Crippen LogP contribution in [0.25, 0.3) is 21.5 Å². The van der Waals surface area contributed by atoms with Gasteiger partial charge in [0, 0.05) is 59.1 Å². The van der Waals surface area contributed by atoms with Crippen molar-refractivity contribution in [2.45, 2.75) is 227 Å². The minimum atomic E-state index is -1.80. The first-order valence-corrected chi connectivity index (χ1v) is 41.8. The summed E-state index contributed by atoms with van der Waals surface area (Å²) in [5.74, 6) is -2.12. The van der Waals surface area contributed by atoms with Crippen molar-refractivity contribution in [3.05, 3.63) is 180 Å². The van der Waals surface area contributed by atoms with Gasteiger partial charge in [0.25, 0.3) is 11.8 Å². The summed E-state index contributed by atoms with van der Waals surface area (Å²) in [6, 6.07) is 25.6. The summed E-state index contributed by atoms with van der Waals surface area (Å²) < 4.78 is 24.8. The van der Waals surface area contributed by atoms with Crippen molar-refractivity contribution in [1.29, 1.82) is 0 Å². The van der Waals surface area contributed by atoms with Gasteiger partial charge in [0.15, 0.2) is 0 Å². The molecule has 8 bridgehead atoms. The zero-order valence-corrected chi connectivity index (χ0v) is 73.9. The number of nitrogens with two attached hydrogens (primary N) is 1. The quantitative estimate of drug-likeness (QED) is 0.0271. The number of carbonyl (C=O) groups excluding carboxylic acids is 11. The number of carbonyl (C=O) groups is 12. The second-order valence-electron chi connectivity index (χ2n) is 36.0. The molecule has 1 saturated heterocycles. The van der Waals surface area contributed by atoms with Crippen molar-refractivity contribution >= 4 is 92.9 Å². The molecule has 670 valence electrons. The fourth-order valence-corrected chi connectivity index (χ4v) is 14.7. The molecule has 12 N–H and O–H groups in total. The number of rotatable bonds is 17. The van der Waals surface area contributed by atoms with Crippen LogP contribution in [0.1, 0.15) is 151 Å². The second-order valence-corrected chi connectivity index (χ2v) is 36.0. The summed E-state index contributed by atoms with van der Waals surface area (Å²) in [6.07, 6.45) is -0.778. The van der Waals surface area contributed by atoms with Crippen LogP contribution in [0.2, 0.25) is 0 Å². The molecule has 11 atom stereocenters. The van der Waals surface area contributed by atoms with E-state index in [1.807, 2.05) is 78.9 Å². The molecule has 1 aromatic heterocycles. The van der Waals surface area contributed by atoms with Crippen molar-refractivity contribution in [1.82, 2.24) is 87.9 Å². The van der Waals surface area contributed by atoms with E-state index in [1.165, 1.54) is 43.9 Å². The van der Waals surface area contributed by atoms with E-state index in [-0.39, 0.29) is 76.3 Å². The zero-order chi connectivity index (χ0) is 91.3. The maximum absolute atomic E-state index is 15.9. The first-order valence-electron chi connectivity index (χ1n) is 41.8. The van der Waals surface area contributed by atoms with Crippen LogP contribution >= 0.6 is 0 Å². The molecule has 11 amide bonds. The van der Waals surface area contributed by atoms with Gasteiger partial charge >= 0.3 is 18.2 Å². The number of hydrogen-bond donors (Lipinski definition) is 11. The lowest BCUT2D eigenvalue weighted by Crippen LogP contribution is -2.64. The molecule has 0 aliphatic carbocycles. The Hall–Kier alpha value is -12.9. The monoisotopic (exact) mass is 1720 g/mol. The standard InChI is InChI=1S/C90H118N18O17/c1-18-40-106(83(117)73(88(7,8)9)97-75(110)53(3)104(17)86(121)125-90(13,14)15)81-80(115)94-67(47-57-28-34-59-24-20-22-26-61(59)43-57)77(112)95-69(84(118)119)45-55-31-37-65(38-32-55)122-50-62-48-107(101-99-62)70-39-41-105(82(116)72(87(4,5)6)96-74(109)52(2)103(16)85(120)124-89(10,11)12)71(70)79(114)93-66(46-56-27-33-58-23-19-21-25-60(58)42-56)76(111)92-68(78(113)98-91)44-54-29-35-64(36-30-54)123-51-63-49-108(81)102-100-63/h19-38,42-43,48-49,52-53,66-73,81,99,101H,18,39-41,44-47,50-51,91H2,1-17H3,(H,92,111)(H,93,114)(H,94,115)(H,95,112)(H,96,109)(H,97,110)(H,98,113)(H,118,119)/t52-,53-,66-,67-,68-,69-,70?,71-,72+,73+,81-/m0/s1. The Morgan fingerprint density at radius 3 is 1.55 bits per heavy atom. The van der Waals surface area contributed by atoms with Crippen molar-refractivity contribution in [2.24, 2.45) is 16.7 Å². The van der Waals surface area contributed by atoms with Gasteiger partial charge in [0.05, 0.1) is 17.9 Å². The summed E-state index contributed by atoms with van der Waals surface area (Å²) in [5, 5.41) is 41.9. The highest BCUT2D eigenvalue weighted by molar-refractivity contribution is 5.99. The van der Waals surface area contributed by atoms with Gasteiger partial charge in [-0.05, 0) is 147 Å². The topological polar surface area (TPSA) is 443 Å². The Morgan fingerprint density at radius 1 is 0.600 bits per heavy atom. The van der Waals surface area contributed by atoms with E-state index in [9.17, 15) is 33.9 Å². The smallest absolute Gasteiger partial charge is 0.410 e. The Bertz CT molecular complexity index is 5130. The van der Waals surface area contributed by atoms with Gasteiger partial charge < -0.3 is 71.2 Å². The van der Waals surface area contributed by atoms with E-state index in [0.717, 1.165) is 36.0 Å². The van der Waals surface area contributed by atoms with Gasteiger partial charge in [-0.25, -0.2) is 24.9 Å². The number of aliphatic carboxylic acids is 1. The maximum atomic E-state index is 15.9. The third-order valence-corrected chi connectivity index (χ3v) is 21.8. The van der Waals surface area contributed by atoms with Crippen LogP contribution in [0.3, 0.4) is 0 Å². The van der Waals surface area contributed by atoms with E-state index in [0.29, 0.717) is 33.7 Å². The minimum Gasteiger partial charge on any atom is -0.487 e. The van der Waals surface area contributed by atoms with E-state index in [4.69, 9.17) is 24.8 Å². The fourth-order valence-electron chi connectivity index (χ4n) is 14.7. The summed E-state index contributed by atoms with van der Waals surface area (Å²) >= 11 is 0. The lowest BCUT2D eigenvalue weighted by atomic mass is 9.85. The number of carboxylic acids is 1. The normalized spacial score (nSPS) is 20.0. The summed E-state index contributed by atoms with van der Waals surface area (Å²) in [7, 11) is 2.79. The first kappa shape index (κ1) is 94.3. The molecule has 7 heterocycles. The van der Waals surface area contributed by atoms with Crippen molar-refractivity contribution in [3.63, 3.8) is 0 Å². The van der Waals surface area contributed by atoms with E-state index >= 15 is 28.8 Å². The molecule has 0 spiro atoms. The highest BCUT2D eigenvalue weighted by Crippen LogP contribution is 2.33. The van der Waals surface area contributed by atoms with E-state index < -0.39 is 160 Å². The number of aromatic nitrogens is 3. The minimum absolute atomic E-state index is 0.0480. The van der Waals surface area contributed by atoms with Gasteiger partial charge in [-0.15, -0.1) is 10.6 Å². The van der Waals surface area contributed by atoms with Crippen LogP contribution < -0.4 is 63.6 Å². The molecule has 13 rings (SSSR count). The Morgan fingerprint density at radius 2 is 1.07 bits per heavy atom. The number of carboxylic acid groups (broad SMARTS) is 1. The summed E-state index contributed by atoms with van der Waals surface area (Å²) in [6.45, 7) is 24.5. The molecular formula is C90H118N18O17. The second kappa shape index (κ2) is 40.2. The van der Waals surface area contributed by atoms with Crippen molar-refractivity contribution in [2.75, 3.05) is 33.8 Å². The number of likely N-dealkylation sites (N-methyl/N-ethyl adjacent to an activating group) is 2. The molecule has 1 unspecified atom stereocenters. The van der Waals surface area contributed by atoms with Gasteiger partial charge in [0.2, 0.25) is 47.5 Å². The summed E-state index contributed by atoms with van der Waals surface area (Å²) in [5.41, 5.74) is 7.11. The molecule has 6 aliphatic heterocycles. The number of amides is 11. The van der Waals surface area contributed by atoms with Gasteiger partial charge in [0.1, 0.15) is 96.0 Å². The zero-order valence-electron chi connectivity index (χ0n) is 73.9. The third-order valence-electron chi connectivity index (χ3n) is 21.8. The first-order chi connectivity index (χ1) is 58.9. The van der Waals surface area contributed by atoms with Crippen LogP contribution in [-0.4, -0.2) is 221 Å². The van der Waals surface area contributed by atoms with Crippen LogP contribution in [0.15, 0.2) is 152 Å². The molecule has 6 aliphatic rings. The molecule has 35 nitrogen and oxygen atoms in total. The molecule has 0 radical (unpaired) electrons. The summed E-state index contributed by atoms with van der Waals surface area (Å²) in [4.78, 5) is 181. The van der Waals surface area contributed by atoms with Crippen LogP contribution in [0.5, 0.6) is 11.5 Å². The molecule has 7 aromatic rings. The number of hydrogen-bond acceptors (Lipinski definition) is 22. The highest BCUT2D eigenvalue weighted by Gasteiger charge is 2.51. The van der Waals surface area contributed by atoms with E-state index in [2.05, 4.69) is 58.6 Å². The lowest BCUT2D eigenvalue weighted by molar-refractivity contribution is -0.150. The van der Waals surface area contributed by atoms with E-state index in [1.54, 1.807) is 156 Å². The predicted octanol–water partition coefficient (Wildman–Crippen LogP) is 6.29. The molecular weight excluding hydrogens is 1610 g/mol. The average molecular weight is 1720 g/mol. The van der Waals surface area contributed by atoms with Crippen molar-refractivity contribution < 1.29 is 81.6 Å². The SMILES string of the molecule is CCCN(C(=O)[C@@H](NC(=O)[C@H](C)N(C)C(=O)OC(C)(C)C)C(C)(C)C)[C@@H]1C(=O)N[C@@H](Cc2ccc3ccccc3c2)C(=O)N[C@H](C(=O)O)Cc2ccc(cc2)OCC2=CN(NN2)C2CCN(C(=O)[C@@H](NC(=O)[C@H](C)N(C)C(=O)OC(C)(C)C)C(C)(C)C)[C@@H]2C(=O)N[C@@H](Cc2ccc3ccccc3c2)C(=O)N[C@H](C(=O)NN)Cc2ccc(cc2)OCc2cn1nn2. The molecule has 35 heteroatoms. The lowest BCUT2D eigenvalue weighted by Gasteiger charge is -2.39. The number of fused-ring (bicyclic) bond motifs is 2. The van der Waals surface area contributed by atoms with Crippen LogP contribution in [0.4, 0.5) is 9.59 Å². The number of benzene rings is 6. The Kier molecular flexibility index (Phi) is 30.3. The fraction of sp³-hybridized carbons (Fsp3) is 0.467. The van der Waals surface area contributed by atoms with Crippen molar-refractivity contribution in [3.8, 4) is 11.5 Å². The Balaban J connectivity index is 1.03. The molecule has 6 aromatic carbocycles. The van der Waals surface area contributed by atoms with Crippen LogP contribution in [-0.2, 0) is 89.7 Å². The van der Waals surface area contributed by atoms with Crippen LogP contribution in [0, 0.1) is 10.8 Å². The van der Waals surface area contributed by atoms with Gasteiger partial charge in [-0.1, -0.05) is 163 Å². The number of hydrazine groups is 3. The molecule has 125 heavy (non-hydrogen) atoms. The molecule has 1 fully saturated rings. The predicted molar refractivity (Wildman–Crippen MR) is 464 cm³/mol. The van der Waals surface area contributed by atoms with Gasteiger partial charge in [-0.2, -0.15) is 0 Å². The number of nitrogens with zero attached hydrogens (tertiary/aromatic N) is 8. The van der Waals surface area contributed by atoms with Gasteiger partial charge in [-0.3, -0.25) is 63.4 Å². The molecule has 0 saturated carbocycles. The third kappa shape index (κ3) is 24.8. The largest absolute Gasteiger partial charge is 0.487 e. The average Bonchev–Trinajstić information content (AvgIpc) is 1.76. The Labute approximate surface area is 727 Å². The highest BCUT2D eigenvalue weighted by atomic mass is 16.6. The maximum Gasteiger partial charge on any atom is 0.410 e.